The molecule has 10 heteroatoms. The molecule has 0 fully saturated rings. The summed E-state index contributed by atoms with van der Waals surface area (Å²) in [5.41, 5.74) is 4.09. The minimum atomic E-state index is -4.93. The third-order valence-corrected chi connectivity index (χ3v) is 2.24. The van der Waals surface area contributed by atoms with Crippen LogP contribution in [0.25, 0.3) is 0 Å². The van der Waals surface area contributed by atoms with Crippen molar-refractivity contribution in [3.63, 3.8) is 0 Å². The number of nitrogens with two attached hydrogens (primary N) is 1. The van der Waals surface area contributed by atoms with Crippen LogP contribution in [0, 0.1) is 22.6 Å². The number of rotatable bonds is 4. The van der Waals surface area contributed by atoms with E-state index in [1.54, 1.807) is 0 Å². The lowest BCUT2D eigenvalue weighted by Crippen LogP contribution is -2.22. The molecule has 1 aromatic rings. The molecule has 0 heterocycles. The van der Waals surface area contributed by atoms with Crippen LogP contribution >= 0.6 is 0 Å². The summed E-state index contributed by atoms with van der Waals surface area (Å²) in [6.45, 7) is 0. The fraction of sp³-hybridized carbons (Fsp3) is 0.182. The zero-order valence-corrected chi connectivity index (χ0v) is 10.5. The normalized spacial score (nSPS) is 11.7. The van der Waals surface area contributed by atoms with Crippen LogP contribution in [-0.4, -0.2) is 18.7 Å². The van der Waals surface area contributed by atoms with Crippen molar-refractivity contribution in [3.05, 3.63) is 23.5 Å². The first-order valence-electron chi connectivity index (χ1n) is 5.23. The number of nitriles is 1. The number of hydrogen-bond acceptors (Lipinski definition) is 5. The molecule has 0 unspecified atom stereocenters. The van der Waals surface area contributed by atoms with E-state index < -0.39 is 34.8 Å². The zero-order valence-electron chi connectivity index (χ0n) is 10.5. The summed E-state index contributed by atoms with van der Waals surface area (Å²) in [4.78, 5) is 0. The molecule has 0 atom stereocenters. The highest BCUT2D eigenvalue weighted by Gasteiger charge is 2.36. The maximum atomic E-state index is 13.8. The van der Waals surface area contributed by atoms with Crippen LogP contribution in [0.15, 0.2) is 17.2 Å². The monoisotopic (exact) mass is 303 g/mol. The van der Waals surface area contributed by atoms with Crippen LogP contribution in [0.4, 0.5) is 23.2 Å². The maximum Gasteiger partial charge on any atom is 0.419 e. The summed E-state index contributed by atoms with van der Waals surface area (Å²) in [6, 6.07) is 2.83. The van der Waals surface area contributed by atoms with Gasteiger partial charge in [0.15, 0.2) is 11.7 Å². The maximum absolute atomic E-state index is 13.8. The number of methoxy groups -OCH3 is 1. The van der Waals surface area contributed by atoms with Gasteiger partial charge in [-0.3, -0.25) is 10.8 Å². The number of ether oxygens (including phenoxy) is 1. The summed E-state index contributed by atoms with van der Waals surface area (Å²) in [5.74, 6) is -2.60. The van der Waals surface area contributed by atoms with Gasteiger partial charge in [0.2, 0.25) is 5.71 Å². The number of nitrogens with zero attached hydrogens (tertiary/aromatic N) is 2. The van der Waals surface area contributed by atoms with E-state index in [0.29, 0.717) is 6.07 Å². The Labute approximate surface area is 116 Å². The lowest BCUT2D eigenvalue weighted by molar-refractivity contribution is -0.140. The number of nitrogens with one attached hydrogen (secondary N) is 2. The molecule has 0 saturated heterocycles. The van der Waals surface area contributed by atoms with Crippen molar-refractivity contribution in [1.29, 1.82) is 10.7 Å². The molecule has 112 valence electrons. The molecule has 0 aliphatic carbocycles. The van der Waals surface area contributed by atoms with Crippen molar-refractivity contribution < 1.29 is 22.3 Å². The SMILES string of the molecule is COc1cc(N/N=C(\C#N)C(=N)N)c(F)c(C(F)(F)F)c1. The van der Waals surface area contributed by atoms with Crippen LogP contribution in [0.3, 0.4) is 0 Å². The Bertz CT molecular complexity index is 633. The van der Waals surface area contributed by atoms with Crippen molar-refractivity contribution in [1.82, 2.24) is 0 Å². The van der Waals surface area contributed by atoms with E-state index in [0.717, 1.165) is 13.2 Å². The highest BCUT2D eigenvalue weighted by Crippen LogP contribution is 2.37. The van der Waals surface area contributed by atoms with Crippen molar-refractivity contribution in [2.24, 2.45) is 10.8 Å². The Hall–Kier alpha value is -2.83. The predicted molar refractivity (Wildman–Crippen MR) is 66.5 cm³/mol. The minimum absolute atomic E-state index is 0.261. The summed E-state index contributed by atoms with van der Waals surface area (Å²) in [5, 5.41) is 18.8. The van der Waals surface area contributed by atoms with Crippen molar-refractivity contribution in [2.45, 2.75) is 6.18 Å². The lowest BCUT2D eigenvalue weighted by atomic mass is 10.1. The van der Waals surface area contributed by atoms with Gasteiger partial charge >= 0.3 is 6.18 Å². The molecular weight excluding hydrogens is 294 g/mol. The summed E-state index contributed by atoms with van der Waals surface area (Å²) in [7, 11) is 1.11. The number of alkyl halides is 3. The molecular formula is C11H9F4N5O. The smallest absolute Gasteiger partial charge is 0.419 e. The molecule has 0 spiro atoms. The number of hydrazone groups is 1. The number of benzene rings is 1. The van der Waals surface area contributed by atoms with Gasteiger partial charge in [-0.15, -0.1) is 0 Å². The largest absolute Gasteiger partial charge is 0.497 e. The van der Waals surface area contributed by atoms with Gasteiger partial charge in [-0.2, -0.15) is 23.5 Å². The number of anilines is 1. The molecule has 0 saturated carbocycles. The lowest BCUT2D eigenvalue weighted by Gasteiger charge is -2.13. The highest BCUT2D eigenvalue weighted by molar-refractivity contribution is 6.45. The second-order valence-corrected chi connectivity index (χ2v) is 3.63. The van der Waals surface area contributed by atoms with Gasteiger partial charge in [-0.25, -0.2) is 4.39 Å². The summed E-state index contributed by atoms with van der Waals surface area (Å²) in [6.07, 6.45) is -4.93. The molecule has 1 aromatic carbocycles. The van der Waals surface area contributed by atoms with Gasteiger partial charge in [0.1, 0.15) is 11.8 Å². The van der Waals surface area contributed by atoms with Crippen LogP contribution in [0.5, 0.6) is 5.75 Å². The van der Waals surface area contributed by atoms with Gasteiger partial charge in [-0.05, 0) is 6.07 Å². The van der Waals surface area contributed by atoms with E-state index in [-0.39, 0.29) is 5.75 Å². The Morgan fingerprint density at radius 2 is 2.10 bits per heavy atom. The summed E-state index contributed by atoms with van der Waals surface area (Å²) < 4.78 is 56.4. The first-order valence-corrected chi connectivity index (χ1v) is 5.23. The van der Waals surface area contributed by atoms with E-state index in [1.807, 2.05) is 5.43 Å². The van der Waals surface area contributed by atoms with E-state index in [2.05, 4.69) is 9.84 Å². The molecule has 4 N–H and O–H groups in total. The van der Waals surface area contributed by atoms with Crippen molar-refractivity contribution in [3.8, 4) is 11.8 Å². The Balaban J connectivity index is 3.31. The molecule has 1 rings (SSSR count). The van der Waals surface area contributed by atoms with E-state index >= 15 is 0 Å². The van der Waals surface area contributed by atoms with Crippen LogP contribution in [0.2, 0.25) is 0 Å². The van der Waals surface area contributed by atoms with Crippen molar-refractivity contribution in [2.75, 3.05) is 12.5 Å². The Morgan fingerprint density at radius 3 is 2.52 bits per heavy atom. The Kier molecular flexibility index (Phi) is 4.70. The topological polar surface area (TPSA) is 107 Å². The molecule has 0 aliphatic rings. The van der Waals surface area contributed by atoms with Crippen molar-refractivity contribution >= 4 is 17.2 Å². The first kappa shape index (κ1) is 16.2. The van der Waals surface area contributed by atoms with E-state index in [1.165, 1.54) is 6.07 Å². The third-order valence-electron chi connectivity index (χ3n) is 2.24. The number of amidine groups is 1. The fourth-order valence-electron chi connectivity index (χ4n) is 1.27. The van der Waals surface area contributed by atoms with Crippen LogP contribution in [-0.2, 0) is 6.18 Å². The van der Waals surface area contributed by atoms with E-state index in [4.69, 9.17) is 16.4 Å². The molecule has 0 amide bonds. The standard InChI is InChI=1S/C11H9F4N5O/c1-21-5-2-6(11(13,14)15)9(12)7(3-5)19-20-8(4-16)10(17)18/h2-3,19H,1H3,(H3,17,18)/b20-8+. The third kappa shape index (κ3) is 3.82. The first-order chi connectivity index (χ1) is 9.70. The molecule has 6 nitrogen and oxygen atoms in total. The molecule has 0 aromatic heterocycles. The molecule has 21 heavy (non-hydrogen) atoms. The van der Waals surface area contributed by atoms with Gasteiger partial charge in [0.25, 0.3) is 0 Å². The number of halogens is 4. The zero-order chi connectivity index (χ0) is 16.2. The quantitative estimate of drug-likeness (QED) is 0.342. The molecule has 0 radical (unpaired) electrons. The van der Waals surface area contributed by atoms with Gasteiger partial charge < -0.3 is 10.5 Å². The van der Waals surface area contributed by atoms with Gasteiger partial charge in [0.05, 0.1) is 18.4 Å². The Morgan fingerprint density at radius 1 is 1.48 bits per heavy atom. The van der Waals surface area contributed by atoms with Crippen LogP contribution in [0.1, 0.15) is 5.56 Å². The minimum Gasteiger partial charge on any atom is -0.497 e. The summed E-state index contributed by atoms with van der Waals surface area (Å²) >= 11 is 0. The second-order valence-electron chi connectivity index (χ2n) is 3.63. The average Bonchev–Trinajstić information content (AvgIpc) is 2.39. The van der Waals surface area contributed by atoms with Gasteiger partial charge in [-0.1, -0.05) is 0 Å². The average molecular weight is 303 g/mol. The predicted octanol–water partition coefficient (Wildman–Crippen LogP) is 2.08. The molecule has 0 aliphatic heterocycles. The molecule has 0 bridgehead atoms. The fourth-order valence-corrected chi connectivity index (χ4v) is 1.27. The highest BCUT2D eigenvalue weighted by atomic mass is 19.4. The second kappa shape index (κ2) is 6.08. The van der Waals surface area contributed by atoms with Gasteiger partial charge in [0, 0.05) is 6.07 Å². The number of hydrogen-bond donors (Lipinski definition) is 3. The van der Waals surface area contributed by atoms with Crippen LogP contribution < -0.4 is 15.9 Å². The van der Waals surface area contributed by atoms with E-state index in [9.17, 15) is 17.6 Å².